The molecular weight excluding hydrogens is 260 g/mol. The fourth-order valence-corrected chi connectivity index (χ4v) is 2.63. The van der Waals surface area contributed by atoms with Gasteiger partial charge in [0.1, 0.15) is 0 Å². The van der Waals surface area contributed by atoms with Gasteiger partial charge in [0.2, 0.25) is 5.91 Å². The number of benzene rings is 1. The van der Waals surface area contributed by atoms with E-state index < -0.39 is 0 Å². The lowest BCUT2D eigenvalue weighted by molar-refractivity contribution is -0.132. The molecule has 2 unspecified atom stereocenters. The molecule has 0 radical (unpaired) electrons. The molecule has 0 bridgehead atoms. The van der Waals surface area contributed by atoms with Crippen LogP contribution in [0.3, 0.4) is 0 Å². The Hall–Kier alpha value is -1.35. The van der Waals surface area contributed by atoms with Gasteiger partial charge in [0.05, 0.1) is 5.92 Å². The second kappa shape index (κ2) is 9.56. The lowest BCUT2D eigenvalue weighted by Crippen LogP contribution is -2.35. The Morgan fingerprint density at radius 1 is 1.19 bits per heavy atom. The number of carbonyl (C=O) groups is 1. The van der Waals surface area contributed by atoms with Gasteiger partial charge in [-0.2, -0.15) is 0 Å². The molecule has 0 spiro atoms. The summed E-state index contributed by atoms with van der Waals surface area (Å²) in [5.74, 6) is 0.561. The first-order valence-corrected chi connectivity index (χ1v) is 8.11. The Labute approximate surface area is 129 Å². The van der Waals surface area contributed by atoms with Gasteiger partial charge in [-0.25, -0.2) is 0 Å². The number of nitrogens with two attached hydrogens (primary N) is 1. The van der Waals surface area contributed by atoms with Crippen LogP contribution in [0.15, 0.2) is 30.3 Å². The van der Waals surface area contributed by atoms with Crippen molar-refractivity contribution in [1.82, 2.24) is 4.90 Å². The molecule has 1 rings (SSSR count). The van der Waals surface area contributed by atoms with Crippen molar-refractivity contribution in [1.29, 1.82) is 0 Å². The molecule has 1 amide bonds. The molecule has 3 nitrogen and oxygen atoms in total. The maximum atomic E-state index is 12.8. The number of nitrogens with zero attached hydrogens (tertiary/aromatic N) is 1. The van der Waals surface area contributed by atoms with E-state index in [0.29, 0.717) is 5.92 Å². The molecule has 0 saturated heterocycles. The lowest BCUT2D eigenvalue weighted by atomic mass is 9.84. The first-order chi connectivity index (χ1) is 10.1. The van der Waals surface area contributed by atoms with Crippen molar-refractivity contribution in [3.63, 3.8) is 0 Å². The highest BCUT2D eigenvalue weighted by Gasteiger charge is 2.27. The van der Waals surface area contributed by atoms with Crippen LogP contribution in [0.2, 0.25) is 0 Å². The minimum atomic E-state index is -0.0318. The molecule has 2 atom stereocenters. The monoisotopic (exact) mass is 290 g/mol. The molecule has 1 aromatic rings. The van der Waals surface area contributed by atoms with E-state index in [1.807, 2.05) is 30.1 Å². The quantitative estimate of drug-likeness (QED) is 0.708. The molecule has 0 aliphatic heterocycles. The SMILES string of the molecule is CCC(C)C(C(=O)N(C)CCCCCN)c1ccccc1. The minimum absolute atomic E-state index is 0.0318. The van der Waals surface area contributed by atoms with Crippen LogP contribution in [0, 0.1) is 5.92 Å². The molecule has 0 aliphatic carbocycles. The van der Waals surface area contributed by atoms with Crippen molar-refractivity contribution < 1.29 is 4.79 Å². The minimum Gasteiger partial charge on any atom is -0.345 e. The van der Waals surface area contributed by atoms with Gasteiger partial charge >= 0.3 is 0 Å². The average Bonchev–Trinajstić information content (AvgIpc) is 2.52. The highest BCUT2D eigenvalue weighted by atomic mass is 16.2. The average molecular weight is 290 g/mol. The molecule has 1 aromatic carbocycles. The summed E-state index contributed by atoms with van der Waals surface area (Å²) in [4.78, 5) is 14.7. The Kier molecular flexibility index (Phi) is 8.06. The molecule has 0 saturated carbocycles. The number of unbranched alkanes of at least 4 members (excludes halogenated alkanes) is 2. The zero-order chi connectivity index (χ0) is 15.7. The summed E-state index contributed by atoms with van der Waals surface area (Å²) in [5, 5.41) is 0. The van der Waals surface area contributed by atoms with Gasteiger partial charge in [-0.15, -0.1) is 0 Å². The van der Waals surface area contributed by atoms with Crippen LogP contribution in [0.25, 0.3) is 0 Å². The fraction of sp³-hybridized carbons (Fsp3) is 0.611. The third-order valence-corrected chi connectivity index (χ3v) is 4.21. The summed E-state index contributed by atoms with van der Waals surface area (Å²) in [7, 11) is 1.92. The topological polar surface area (TPSA) is 46.3 Å². The van der Waals surface area contributed by atoms with Crippen LogP contribution in [-0.4, -0.2) is 30.9 Å². The third kappa shape index (κ3) is 5.50. The molecule has 0 fully saturated rings. The van der Waals surface area contributed by atoms with Crippen LogP contribution in [0.4, 0.5) is 0 Å². The van der Waals surface area contributed by atoms with Crippen molar-refractivity contribution in [3.05, 3.63) is 35.9 Å². The molecular formula is C18H30N2O. The molecule has 0 aliphatic rings. The van der Waals surface area contributed by atoms with E-state index in [1.165, 1.54) is 0 Å². The van der Waals surface area contributed by atoms with Gasteiger partial charge in [0.15, 0.2) is 0 Å². The van der Waals surface area contributed by atoms with Crippen molar-refractivity contribution >= 4 is 5.91 Å². The summed E-state index contributed by atoms with van der Waals surface area (Å²) in [6, 6.07) is 10.2. The smallest absolute Gasteiger partial charge is 0.230 e. The van der Waals surface area contributed by atoms with Crippen LogP contribution in [-0.2, 0) is 4.79 Å². The summed E-state index contributed by atoms with van der Waals surface area (Å²) in [5.41, 5.74) is 6.64. The van der Waals surface area contributed by atoms with Crippen LogP contribution < -0.4 is 5.73 Å². The molecule has 0 aromatic heterocycles. The summed E-state index contributed by atoms with van der Waals surface area (Å²) >= 11 is 0. The van der Waals surface area contributed by atoms with Crippen LogP contribution >= 0.6 is 0 Å². The number of hydrogen-bond donors (Lipinski definition) is 1. The third-order valence-electron chi connectivity index (χ3n) is 4.21. The maximum Gasteiger partial charge on any atom is 0.230 e. The lowest BCUT2D eigenvalue weighted by Gasteiger charge is -2.28. The molecule has 21 heavy (non-hydrogen) atoms. The predicted molar refractivity (Wildman–Crippen MR) is 89.2 cm³/mol. The van der Waals surface area contributed by atoms with Crippen molar-refractivity contribution in [3.8, 4) is 0 Å². The van der Waals surface area contributed by atoms with Gasteiger partial charge in [0.25, 0.3) is 0 Å². The normalized spacial score (nSPS) is 13.7. The predicted octanol–water partition coefficient (Wildman–Crippen LogP) is 3.40. The van der Waals surface area contributed by atoms with Gasteiger partial charge in [-0.3, -0.25) is 4.79 Å². The van der Waals surface area contributed by atoms with E-state index in [-0.39, 0.29) is 11.8 Å². The zero-order valence-corrected chi connectivity index (χ0v) is 13.7. The number of hydrogen-bond acceptors (Lipinski definition) is 2. The molecule has 0 heterocycles. The van der Waals surface area contributed by atoms with E-state index >= 15 is 0 Å². The zero-order valence-electron chi connectivity index (χ0n) is 13.7. The fourth-order valence-electron chi connectivity index (χ4n) is 2.63. The van der Waals surface area contributed by atoms with E-state index in [4.69, 9.17) is 5.73 Å². The number of rotatable bonds is 9. The second-order valence-corrected chi connectivity index (χ2v) is 5.88. The van der Waals surface area contributed by atoms with Gasteiger partial charge in [0, 0.05) is 13.6 Å². The van der Waals surface area contributed by atoms with E-state index in [9.17, 15) is 4.79 Å². The number of carbonyl (C=O) groups excluding carboxylic acids is 1. The first kappa shape index (κ1) is 17.7. The van der Waals surface area contributed by atoms with E-state index in [1.54, 1.807) is 0 Å². The second-order valence-electron chi connectivity index (χ2n) is 5.88. The molecule has 118 valence electrons. The highest BCUT2D eigenvalue weighted by molar-refractivity contribution is 5.83. The largest absolute Gasteiger partial charge is 0.345 e. The summed E-state index contributed by atoms with van der Waals surface area (Å²) < 4.78 is 0. The van der Waals surface area contributed by atoms with Crippen molar-refractivity contribution in [2.45, 2.75) is 45.4 Å². The van der Waals surface area contributed by atoms with Gasteiger partial charge < -0.3 is 10.6 Å². The standard InChI is InChI=1S/C18H30N2O/c1-4-15(2)17(16-11-7-5-8-12-16)18(21)20(3)14-10-6-9-13-19/h5,7-8,11-12,15,17H,4,6,9-10,13-14,19H2,1-3H3. The van der Waals surface area contributed by atoms with Gasteiger partial charge in [-0.1, -0.05) is 57.0 Å². The van der Waals surface area contributed by atoms with Crippen molar-refractivity contribution in [2.75, 3.05) is 20.1 Å². The Balaban J connectivity index is 2.72. The summed E-state index contributed by atoms with van der Waals surface area (Å²) in [6.07, 6.45) is 4.16. The first-order valence-electron chi connectivity index (χ1n) is 8.11. The van der Waals surface area contributed by atoms with Crippen LogP contribution in [0.1, 0.15) is 51.0 Å². The number of amides is 1. The molecule has 2 N–H and O–H groups in total. The van der Waals surface area contributed by atoms with Crippen LogP contribution in [0.5, 0.6) is 0 Å². The number of likely N-dealkylation sites (N-methyl/N-ethyl adjacent to an activating group) is 1. The highest BCUT2D eigenvalue weighted by Crippen LogP contribution is 2.28. The Morgan fingerprint density at radius 2 is 1.86 bits per heavy atom. The Bertz CT molecular complexity index is 405. The van der Waals surface area contributed by atoms with Crippen molar-refractivity contribution in [2.24, 2.45) is 11.7 Å². The van der Waals surface area contributed by atoms with E-state index in [0.717, 1.165) is 44.3 Å². The van der Waals surface area contributed by atoms with E-state index in [2.05, 4.69) is 26.0 Å². The molecule has 3 heteroatoms. The van der Waals surface area contributed by atoms with Gasteiger partial charge in [-0.05, 0) is 30.9 Å². The Morgan fingerprint density at radius 3 is 2.43 bits per heavy atom. The maximum absolute atomic E-state index is 12.8. The summed E-state index contributed by atoms with van der Waals surface area (Å²) in [6.45, 7) is 5.86.